The molecule has 0 radical (unpaired) electrons. The summed E-state index contributed by atoms with van der Waals surface area (Å²) < 4.78 is 34.2. The number of aromatic nitrogens is 6. The highest BCUT2D eigenvalue weighted by Crippen LogP contribution is 2.25. The number of nitrogens with one attached hydrogen (secondary N) is 3. The molecule has 0 spiro atoms. The van der Waals surface area contributed by atoms with E-state index >= 15 is 0 Å². The maximum absolute atomic E-state index is 14.3. The second-order valence-corrected chi connectivity index (χ2v) is 11.9. The molecule has 0 saturated carbocycles. The number of anilines is 1. The number of amides is 1. The van der Waals surface area contributed by atoms with Crippen molar-refractivity contribution in [3.8, 4) is 17.5 Å². The van der Waals surface area contributed by atoms with Gasteiger partial charge in [-0.05, 0) is 42.6 Å². The maximum Gasteiger partial charge on any atom is 0.300 e. The molecule has 1 atom stereocenters. The van der Waals surface area contributed by atoms with Crippen molar-refractivity contribution in [2.75, 3.05) is 11.3 Å². The molecule has 6 aromatic rings. The van der Waals surface area contributed by atoms with Crippen LogP contribution in [0, 0.1) is 11.8 Å². The standard InChI is InChI=1S/C32H29N9O4S/c1-4-35-46(44,45)38-29-28(30-33-16-9-17-40(30)37-29)31(42)36-21(2)26-18-24-11-8-10-23(15-14-22-19-34-39(3)20-22)27(24)32(43)41(26)25-12-6-5-7-13-25/h5-13,16-21,35H,4H2,1-3H3,(H,36,42)(H,37,38)/t21-/m1/s1. The van der Waals surface area contributed by atoms with Crippen LogP contribution >= 0.6 is 0 Å². The number of para-hydroxylation sites is 1. The summed E-state index contributed by atoms with van der Waals surface area (Å²) in [4.78, 5) is 32.4. The third-order valence-corrected chi connectivity index (χ3v) is 8.25. The van der Waals surface area contributed by atoms with Gasteiger partial charge < -0.3 is 5.32 Å². The number of pyridine rings is 1. The first kappa shape index (κ1) is 30.3. The molecule has 232 valence electrons. The van der Waals surface area contributed by atoms with Gasteiger partial charge in [0, 0.05) is 49.1 Å². The molecule has 0 aliphatic carbocycles. The molecule has 1 amide bonds. The fraction of sp³-hybridized carbons (Fsp3) is 0.156. The molecule has 0 fully saturated rings. The number of benzene rings is 2. The highest BCUT2D eigenvalue weighted by molar-refractivity contribution is 7.90. The monoisotopic (exact) mass is 635 g/mol. The molecule has 4 heterocycles. The van der Waals surface area contributed by atoms with E-state index in [0.29, 0.717) is 33.3 Å². The van der Waals surface area contributed by atoms with Crippen LogP contribution in [-0.2, 0) is 17.3 Å². The van der Waals surface area contributed by atoms with E-state index in [4.69, 9.17) is 0 Å². The molecular formula is C32H29N9O4S. The average Bonchev–Trinajstić information content (AvgIpc) is 3.62. The number of nitrogens with zero attached hydrogens (tertiary/aromatic N) is 6. The van der Waals surface area contributed by atoms with Crippen LogP contribution in [0.15, 0.2) is 90.2 Å². The van der Waals surface area contributed by atoms with Crippen molar-refractivity contribution in [3.63, 3.8) is 0 Å². The molecule has 14 heteroatoms. The van der Waals surface area contributed by atoms with E-state index in [1.807, 2.05) is 36.4 Å². The Morgan fingerprint density at radius 2 is 1.87 bits per heavy atom. The Bertz CT molecular complexity index is 2330. The zero-order chi connectivity index (χ0) is 32.4. The van der Waals surface area contributed by atoms with Gasteiger partial charge in [-0.15, -0.1) is 5.10 Å². The van der Waals surface area contributed by atoms with Crippen molar-refractivity contribution in [3.05, 3.63) is 118 Å². The second-order valence-electron chi connectivity index (χ2n) is 10.4. The van der Waals surface area contributed by atoms with E-state index in [1.165, 1.54) is 10.7 Å². The molecular weight excluding hydrogens is 606 g/mol. The van der Waals surface area contributed by atoms with E-state index < -0.39 is 22.2 Å². The van der Waals surface area contributed by atoms with E-state index in [1.54, 1.807) is 73.0 Å². The van der Waals surface area contributed by atoms with Crippen molar-refractivity contribution < 1.29 is 13.2 Å². The van der Waals surface area contributed by atoms with Crippen molar-refractivity contribution in [2.45, 2.75) is 19.9 Å². The van der Waals surface area contributed by atoms with Crippen LogP contribution in [0.1, 0.15) is 47.1 Å². The van der Waals surface area contributed by atoms with Crippen LogP contribution in [0.25, 0.3) is 22.1 Å². The van der Waals surface area contributed by atoms with Crippen LogP contribution in [0.2, 0.25) is 0 Å². The predicted molar refractivity (Wildman–Crippen MR) is 174 cm³/mol. The molecule has 0 aliphatic heterocycles. The number of hydrogen-bond acceptors (Lipinski definition) is 7. The molecule has 0 unspecified atom stereocenters. The fourth-order valence-corrected chi connectivity index (χ4v) is 5.99. The maximum atomic E-state index is 14.3. The molecule has 6 rings (SSSR count). The van der Waals surface area contributed by atoms with Crippen LogP contribution in [0.3, 0.4) is 0 Å². The summed E-state index contributed by atoms with van der Waals surface area (Å²) in [5, 5.41) is 12.4. The van der Waals surface area contributed by atoms with Gasteiger partial charge in [0.15, 0.2) is 11.5 Å². The molecule has 46 heavy (non-hydrogen) atoms. The Kier molecular flexibility index (Phi) is 8.10. The molecule has 2 aromatic carbocycles. The number of carbonyl (C=O) groups is 1. The Hall–Kier alpha value is -5.78. The van der Waals surface area contributed by atoms with E-state index in [-0.39, 0.29) is 29.1 Å². The Labute approximate surface area is 264 Å². The van der Waals surface area contributed by atoms with Gasteiger partial charge in [0.05, 0.1) is 23.2 Å². The summed E-state index contributed by atoms with van der Waals surface area (Å²) in [6.45, 7) is 3.51. The van der Waals surface area contributed by atoms with Crippen LogP contribution in [0.4, 0.5) is 5.82 Å². The van der Waals surface area contributed by atoms with Gasteiger partial charge in [-0.1, -0.05) is 49.1 Å². The third kappa shape index (κ3) is 5.96. The first-order valence-corrected chi connectivity index (χ1v) is 15.8. The van der Waals surface area contributed by atoms with Gasteiger partial charge in [0.25, 0.3) is 21.7 Å². The minimum Gasteiger partial charge on any atom is -0.344 e. The summed E-state index contributed by atoms with van der Waals surface area (Å²) in [7, 11) is -2.21. The summed E-state index contributed by atoms with van der Waals surface area (Å²) in [5.74, 6) is 5.37. The Morgan fingerprint density at radius 1 is 1.07 bits per heavy atom. The van der Waals surface area contributed by atoms with E-state index in [0.717, 1.165) is 0 Å². The predicted octanol–water partition coefficient (Wildman–Crippen LogP) is 2.92. The first-order valence-electron chi connectivity index (χ1n) is 14.3. The lowest BCUT2D eigenvalue weighted by Gasteiger charge is -2.21. The molecule has 3 N–H and O–H groups in total. The van der Waals surface area contributed by atoms with Gasteiger partial charge in [0.2, 0.25) is 0 Å². The minimum absolute atomic E-state index is 0.0729. The lowest BCUT2D eigenvalue weighted by Crippen LogP contribution is -2.34. The number of fused-ring (bicyclic) bond motifs is 2. The first-order chi connectivity index (χ1) is 22.1. The third-order valence-electron chi connectivity index (χ3n) is 7.12. The van der Waals surface area contributed by atoms with Gasteiger partial charge in [-0.25, -0.2) is 9.50 Å². The largest absolute Gasteiger partial charge is 0.344 e. The van der Waals surface area contributed by atoms with Crippen molar-refractivity contribution >= 4 is 38.4 Å². The van der Waals surface area contributed by atoms with Crippen LogP contribution in [-0.4, -0.2) is 49.8 Å². The molecule has 0 bridgehead atoms. The van der Waals surface area contributed by atoms with Crippen LogP contribution < -0.4 is 20.3 Å². The molecule has 0 aliphatic rings. The molecule has 13 nitrogen and oxygen atoms in total. The zero-order valence-electron chi connectivity index (χ0n) is 25.1. The number of aryl methyl sites for hydroxylation is 1. The van der Waals surface area contributed by atoms with Gasteiger partial charge in [-0.2, -0.15) is 18.2 Å². The smallest absolute Gasteiger partial charge is 0.300 e. The van der Waals surface area contributed by atoms with Crippen molar-refractivity contribution in [2.24, 2.45) is 7.05 Å². The van der Waals surface area contributed by atoms with E-state index in [9.17, 15) is 18.0 Å². The van der Waals surface area contributed by atoms with Gasteiger partial charge in [-0.3, -0.25) is 23.6 Å². The lowest BCUT2D eigenvalue weighted by molar-refractivity contribution is 0.0941. The normalized spacial score (nSPS) is 12.1. The highest BCUT2D eigenvalue weighted by Gasteiger charge is 2.27. The summed E-state index contributed by atoms with van der Waals surface area (Å²) in [5.41, 5.74) is 2.12. The van der Waals surface area contributed by atoms with Crippen molar-refractivity contribution in [1.29, 1.82) is 0 Å². The fourth-order valence-electron chi connectivity index (χ4n) is 5.14. The Balaban J connectivity index is 1.45. The van der Waals surface area contributed by atoms with E-state index in [2.05, 4.69) is 41.8 Å². The SMILES string of the molecule is CCNS(=O)(=O)Nc1nn2cccnc2c1C(=O)N[C@H](C)c1cc2cccc(C#Cc3cnn(C)c3)c2c(=O)n1-c1ccccc1. The van der Waals surface area contributed by atoms with Crippen molar-refractivity contribution in [1.82, 2.24) is 39.0 Å². The molecule has 4 aromatic heterocycles. The van der Waals surface area contributed by atoms with Gasteiger partial charge in [0.1, 0.15) is 5.56 Å². The quantitative estimate of drug-likeness (QED) is 0.217. The topological polar surface area (TPSA) is 157 Å². The minimum atomic E-state index is -4.01. The van der Waals surface area contributed by atoms with Crippen LogP contribution in [0.5, 0.6) is 0 Å². The Morgan fingerprint density at radius 3 is 2.61 bits per heavy atom. The summed E-state index contributed by atoms with van der Waals surface area (Å²) in [6, 6.07) is 17.2. The van der Waals surface area contributed by atoms with Gasteiger partial charge >= 0.3 is 0 Å². The molecule has 0 saturated heterocycles. The summed E-state index contributed by atoms with van der Waals surface area (Å²) >= 11 is 0. The average molecular weight is 636 g/mol. The number of carbonyl (C=O) groups excluding carboxylic acids is 1. The summed E-state index contributed by atoms with van der Waals surface area (Å²) in [6.07, 6.45) is 6.47. The lowest BCUT2D eigenvalue weighted by atomic mass is 10.0. The number of rotatable bonds is 8. The second kappa shape index (κ2) is 12.3. The number of hydrogen-bond donors (Lipinski definition) is 3. The zero-order valence-corrected chi connectivity index (χ0v) is 25.9. The highest BCUT2D eigenvalue weighted by atomic mass is 32.2.